The first-order valence-corrected chi connectivity index (χ1v) is 5.59. The van der Waals surface area contributed by atoms with E-state index in [4.69, 9.17) is 5.73 Å². The standard InChI is InChI=1S/C11H18N4/c1-8-6-10(7-12)15-11(13-8)14-9-4-2-3-5-9/h6,9H,2-5,7,12H2,1H3,(H,13,14,15). The number of hydrogen-bond acceptors (Lipinski definition) is 4. The van der Waals surface area contributed by atoms with Crippen molar-refractivity contribution < 1.29 is 0 Å². The molecule has 3 N–H and O–H groups in total. The molecule has 0 amide bonds. The Labute approximate surface area is 90.3 Å². The van der Waals surface area contributed by atoms with Gasteiger partial charge in [-0.15, -0.1) is 0 Å². The van der Waals surface area contributed by atoms with E-state index < -0.39 is 0 Å². The van der Waals surface area contributed by atoms with E-state index in [9.17, 15) is 0 Å². The number of aryl methyl sites for hydroxylation is 1. The third-order valence-corrected chi connectivity index (χ3v) is 2.80. The fraction of sp³-hybridized carbons (Fsp3) is 0.636. The lowest BCUT2D eigenvalue weighted by molar-refractivity contribution is 0.740. The monoisotopic (exact) mass is 206 g/mol. The molecule has 4 nitrogen and oxygen atoms in total. The van der Waals surface area contributed by atoms with Crippen molar-refractivity contribution in [2.75, 3.05) is 5.32 Å². The molecular weight excluding hydrogens is 188 g/mol. The minimum Gasteiger partial charge on any atom is -0.351 e. The Bertz CT molecular complexity index is 331. The zero-order valence-corrected chi connectivity index (χ0v) is 9.16. The maximum absolute atomic E-state index is 5.58. The van der Waals surface area contributed by atoms with Gasteiger partial charge in [-0.2, -0.15) is 0 Å². The minimum absolute atomic E-state index is 0.475. The van der Waals surface area contributed by atoms with Crippen molar-refractivity contribution in [3.8, 4) is 0 Å². The molecule has 0 unspecified atom stereocenters. The highest BCUT2D eigenvalue weighted by Crippen LogP contribution is 2.20. The Balaban J connectivity index is 2.09. The van der Waals surface area contributed by atoms with E-state index in [-0.39, 0.29) is 0 Å². The summed E-state index contributed by atoms with van der Waals surface area (Å²) in [5.41, 5.74) is 7.46. The largest absolute Gasteiger partial charge is 0.351 e. The summed E-state index contributed by atoms with van der Waals surface area (Å²) >= 11 is 0. The third-order valence-electron chi connectivity index (χ3n) is 2.80. The lowest BCUT2D eigenvalue weighted by Crippen LogP contribution is -2.18. The lowest BCUT2D eigenvalue weighted by atomic mass is 10.2. The van der Waals surface area contributed by atoms with Crippen LogP contribution in [0.1, 0.15) is 37.1 Å². The highest BCUT2D eigenvalue weighted by Gasteiger charge is 2.15. The Morgan fingerprint density at radius 3 is 2.80 bits per heavy atom. The van der Waals surface area contributed by atoms with Gasteiger partial charge >= 0.3 is 0 Å². The van der Waals surface area contributed by atoms with Crippen LogP contribution < -0.4 is 11.1 Å². The van der Waals surface area contributed by atoms with Crippen LogP contribution in [-0.2, 0) is 6.54 Å². The molecule has 4 heteroatoms. The van der Waals surface area contributed by atoms with Crippen molar-refractivity contribution in [1.82, 2.24) is 9.97 Å². The molecule has 0 aliphatic heterocycles. The highest BCUT2D eigenvalue weighted by molar-refractivity contribution is 5.29. The van der Waals surface area contributed by atoms with Crippen molar-refractivity contribution in [2.45, 2.75) is 45.2 Å². The van der Waals surface area contributed by atoms with E-state index in [0.717, 1.165) is 17.3 Å². The number of hydrogen-bond donors (Lipinski definition) is 2. The van der Waals surface area contributed by atoms with Crippen molar-refractivity contribution >= 4 is 5.95 Å². The normalized spacial score (nSPS) is 16.9. The van der Waals surface area contributed by atoms with Crippen LogP contribution in [0.5, 0.6) is 0 Å². The Kier molecular flexibility index (Phi) is 3.16. The lowest BCUT2D eigenvalue weighted by Gasteiger charge is -2.12. The molecule has 82 valence electrons. The molecule has 1 aliphatic rings. The topological polar surface area (TPSA) is 63.8 Å². The van der Waals surface area contributed by atoms with Crippen molar-refractivity contribution in [3.63, 3.8) is 0 Å². The molecule has 1 fully saturated rings. The number of rotatable bonds is 3. The predicted octanol–water partition coefficient (Wildman–Crippen LogP) is 1.60. The van der Waals surface area contributed by atoms with Crippen LogP contribution in [-0.4, -0.2) is 16.0 Å². The summed E-state index contributed by atoms with van der Waals surface area (Å²) in [4.78, 5) is 8.74. The molecule has 0 atom stereocenters. The van der Waals surface area contributed by atoms with Crippen LogP contribution in [0.2, 0.25) is 0 Å². The van der Waals surface area contributed by atoms with Gasteiger partial charge in [0, 0.05) is 18.3 Å². The van der Waals surface area contributed by atoms with Crippen molar-refractivity contribution in [1.29, 1.82) is 0 Å². The Morgan fingerprint density at radius 1 is 1.40 bits per heavy atom. The third kappa shape index (κ3) is 2.65. The van der Waals surface area contributed by atoms with Gasteiger partial charge in [-0.05, 0) is 25.8 Å². The summed E-state index contributed by atoms with van der Waals surface area (Å²) in [6, 6.07) is 2.48. The van der Waals surface area contributed by atoms with Crippen LogP contribution in [0.25, 0.3) is 0 Å². The van der Waals surface area contributed by atoms with Crippen LogP contribution in [0.3, 0.4) is 0 Å². The summed E-state index contributed by atoms with van der Waals surface area (Å²) in [5, 5.41) is 3.38. The summed E-state index contributed by atoms with van der Waals surface area (Å²) in [5.74, 6) is 0.738. The molecule has 15 heavy (non-hydrogen) atoms. The van der Waals surface area contributed by atoms with Gasteiger partial charge in [-0.3, -0.25) is 0 Å². The summed E-state index contributed by atoms with van der Waals surface area (Å²) in [6.45, 7) is 2.45. The van der Waals surface area contributed by atoms with Crippen LogP contribution in [0.15, 0.2) is 6.07 Å². The van der Waals surface area contributed by atoms with E-state index in [0.29, 0.717) is 12.6 Å². The summed E-state index contributed by atoms with van der Waals surface area (Å²) < 4.78 is 0. The number of nitrogens with zero attached hydrogens (tertiary/aromatic N) is 2. The average molecular weight is 206 g/mol. The van der Waals surface area contributed by atoms with Crippen LogP contribution in [0.4, 0.5) is 5.95 Å². The zero-order valence-electron chi connectivity index (χ0n) is 9.16. The van der Waals surface area contributed by atoms with Gasteiger partial charge in [0.25, 0.3) is 0 Å². The molecule has 1 heterocycles. The van der Waals surface area contributed by atoms with Gasteiger partial charge in [0.1, 0.15) is 0 Å². The molecule has 0 spiro atoms. The number of anilines is 1. The minimum atomic E-state index is 0.475. The second-order valence-electron chi connectivity index (χ2n) is 4.15. The molecule has 2 rings (SSSR count). The SMILES string of the molecule is Cc1cc(CN)nc(NC2CCCC2)n1. The molecule has 1 aromatic heterocycles. The van der Waals surface area contributed by atoms with Gasteiger partial charge in [-0.1, -0.05) is 12.8 Å². The number of nitrogens with one attached hydrogen (secondary N) is 1. The van der Waals surface area contributed by atoms with E-state index in [1.807, 2.05) is 13.0 Å². The number of aromatic nitrogens is 2. The maximum atomic E-state index is 5.58. The summed E-state index contributed by atoms with van der Waals surface area (Å²) in [7, 11) is 0. The maximum Gasteiger partial charge on any atom is 0.223 e. The molecule has 1 saturated carbocycles. The first kappa shape index (κ1) is 10.4. The molecule has 1 aromatic rings. The Morgan fingerprint density at radius 2 is 2.13 bits per heavy atom. The fourth-order valence-corrected chi connectivity index (χ4v) is 2.06. The molecule has 1 aliphatic carbocycles. The Hall–Kier alpha value is -1.16. The second kappa shape index (κ2) is 4.57. The quantitative estimate of drug-likeness (QED) is 0.788. The first-order chi connectivity index (χ1) is 7.28. The van der Waals surface area contributed by atoms with Crippen LogP contribution >= 0.6 is 0 Å². The highest BCUT2D eigenvalue weighted by atomic mass is 15.1. The molecule has 0 saturated heterocycles. The fourth-order valence-electron chi connectivity index (χ4n) is 2.06. The van der Waals surface area contributed by atoms with E-state index in [1.54, 1.807) is 0 Å². The molecule has 0 radical (unpaired) electrons. The van der Waals surface area contributed by atoms with Gasteiger partial charge in [0.15, 0.2) is 0 Å². The van der Waals surface area contributed by atoms with Crippen molar-refractivity contribution in [3.05, 3.63) is 17.5 Å². The van der Waals surface area contributed by atoms with Crippen molar-refractivity contribution in [2.24, 2.45) is 5.73 Å². The molecular formula is C11H18N4. The van der Waals surface area contributed by atoms with Gasteiger partial charge < -0.3 is 11.1 Å². The van der Waals surface area contributed by atoms with E-state index in [2.05, 4.69) is 15.3 Å². The second-order valence-corrected chi connectivity index (χ2v) is 4.15. The number of nitrogens with two attached hydrogens (primary N) is 1. The molecule has 0 aromatic carbocycles. The van der Waals surface area contributed by atoms with E-state index in [1.165, 1.54) is 25.7 Å². The van der Waals surface area contributed by atoms with Crippen LogP contribution in [0, 0.1) is 6.92 Å². The van der Waals surface area contributed by atoms with E-state index >= 15 is 0 Å². The average Bonchev–Trinajstić information content (AvgIpc) is 2.69. The zero-order chi connectivity index (χ0) is 10.7. The van der Waals surface area contributed by atoms with Gasteiger partial charge in [0.2, 0.25) is 5.95 Å². The molecule has 0 bridgehead atoms. The van der Waals surface area contributed by atoms with Gasteiger partial charge in [0.05, 0.1) is 5.69 Å². The predicted molar refractivity (Wildman–Crippen MR) is 60.5 cm³/mol. The van der Waals surface area contributed by atoms with Gasteiger partial charge in [-0.25, -0.2) is 9.97 Å². The first-order valence-electron chi connectivity index (χ1n) is 5.59. The smallest absolute Gasteiger partial charge is 0.223 e. The summed E-state index contributed by atoms with van der Waals surface area (Å²) in [6.07, 6.45) is 5.09.